The van der Waals surface area contributed by atoms with E-state index in [1.165, 1.54) is 161 Å². The molecule has 735 valence electrons. The Kier molecular flexibility index (Phi) is 46.8. The van der Waals surface area contributed by atoms with E-state index in [0.717, 1.165) is 108 Å². The van der Waals surface area contributed by atoms with Crippen LogP contribution in [0.25, 0.3) is 107 Å². The van der Waals surface area contributed by atoms with E-state index < -0.39 is 0 Å². The van der Waals surface area contributed by atoms with Crippen LogP contribution in [-0.4, -0.2) is 53.2 Å². The number of hydrogen-bond donors (Lipinski definition) is 0. The first-order valence-corrected chi connectivity index (χ1v) is 48.4. The molecule has 0 bridgehead atoms. The molecule has 0 aliphatic carbocycles. The fourth-order valence-corrected chi connectivity index (χ4v) is 18.0. The number of imidazole rings is 6. The Morgan fingerprint density at radius 3 is 1.42 bits per heavy atom. The van der Waals surface area contributed by atoms with E-state index in [2.05, 4.69) is 349 Å². The normalized spacial score (nSPS) is 10.8. The molecule has 7 aromatic heterocycles. The summed E-state index contributed by atoms with van der Waals surface area (Å²) >= 11 is 0. The molecule has 0 atom stereocenters. The number of benzene rings is 9. The minimum Gasteiger partial charge on any atom is -0.440 e. The summed E-state index contributed by atoms with van der Waals surface area (Å²) in [6.07, 6.45) is 34.9. The molecule has 15 nitrogen and oxygen atoms in total. The molecule has 0 saturated carbocycles. The predicted octanol–water partition coefficient (Wildman–Crippen LogP) is 30.5. The number of rotatable bonds is 30. The van der Waals surface area contributed by atoms with Crippen molar-refractivity contribution in [2.75, 3.05) is 0 Å². The first-order chi connectivity index (χ1) is 64.8. The maximum atomic E-state index is 9.42. The van der Waals surface area contributed by atoms with Crippen molar-refractivity contribution in [1.82, 2.24) is 63.1 Å². The third-order valence-corrected chi connectivity index (χ3v) is 24.3. The van der Waals surface area contributed by atoms with Crippen LogP contribution in [0.4, 0.5) is 5.69 Å². The van der Waals surface area contributed by atoms with Crippen LogP contribution in [-0.2, 0) is 133 Å². The first-order valence-electron chi connectivity index (χ1n) is 48.4. The van der Waals surface area contributed by atoms with Gasteiger partial charge in [0.2, 0.25) is 0 Å². The standard InChI is InChI=1S/C27H31N4.C27H29N2.C23H24N3.C22H25N2.C20H25N4.5Ir/c1-17(2)22-14-21(20-10-8-7-9-11-20)15-23(18(3)4)25(22)31-16-24(19(5)6)30-27(31)26-28-12-13-29-26;1-7-9-20-14-24(18(2)3)27(25(15-20)19(4)5)22-12-13-29-26(17-22)21-10-8-11-23(16-21)28-6;1-4-9-19-13-17(3)14-20(10-5-2)22(19)26-16-21(15-24)25-23(26)18-11-7-6-8-12-18;1-5-6-12-20-15-24(21-17(3)13-16(2)14-18(21)4)22(23-20)19-10-8-7-9-11-19;1-4-5-6-7-8-17-13-15(2)18(16(3)14-17)24-12-11-23-20(24)19-21-9-10-22-19;;;;;/h7-19H,1-6H3;8,11-19H,7,9H2,1-5H3;6-8,11,13-14,16H,4-5,9-10H2,1-3H3;7-10,13-15H,5-6,12H2,1-4H3;9-14H,4-8H2,1-3H3;;;;;/q5*-1;;;;;. The Bertz CT molecular complexity index is 6470. The largest absolute Gasteiger partial charge is 0.440 e. The van der Waals surface area contributed by atoms with E-state index in [0.29, 0.717) is 52.6 Å². The summed E-state index contributed by atoms with van der Waals surface area (Å²) in [5, 5.41) is 9.42. The third-order valence-electron chi connectivity index (χ3n) is 24.3. The molecule has 5 radical (unpaired) electrons. The van der Waals surface area contributed by atoms with Gasteiger partial charge >= 0.3 is 0 Å². The minimum absolute atomic E-state index is 0. The molecule has 20 heteroatoms. The van der Waals surface area contributed by atoms with Gasteiger partial charge in [-0.05, 0) is 241 Å². The number of pyridine rings is 1. The zero-order valence-electron chi connectivity index (χ0n) is 84.6. The van der Waals surface area contributed by atoms with Crippen LogP contribution in [0, 0.1) is 77.6 Å². The van der Waals surface area contributed by atoms with Crippen LogP contribution >= 0.6 is 0 Å². The van der Waals surface area contributed by atoms with Crippen molar-refractivity contribution >= 4 is 5.69 Å². The average molecular weight is 2740 g/mol. The van der Waals surface area contributed by atoms with Gasteiger partial charge in [-0.25, -0.2) is 9.97 Å². The fraction of sp³-hybridized carbons (Fsp3) is 0.336. The first kappa shape index (κ1) is 116. The maximum Gasteiger partial charge on any atom is 0.148 e. The van der Waals surface area contributed by atoms with E-state index in [9.17, 15) is 5.26 Å². The number of nitriles is 1. The summed E-state index contributed by atoms with van der Waals surface area (Å²) in [5.41, 5.74) is 35.3. The van der Waals surface area contributed by atoms with Gasteiger partial charge in [0.05, 0.1) is 35.3 Å². The summed E-state index contributed by atoms with van der Waals surface area (Å²) < 4.78 is 8.67. The topological polar surface area (TPSA) is 166 Å². The van der Waals surface area contributed by atoms with Gasteiger partial charge in [0, 0.05) is 155 Å². The van der Waals surface area contributed by atoms with Crippen LogP contribution in [0.5, 0.6) is 0 Å². The summed E-state index contributed by atoms with van der Waals surface area (Å²) in [5.74, 6) is 6.61. The molecule has 16 aromatic rings. The van der Waals surface area contributed by atoms with Crippen molar-refractivity contribution in [2.45, 2.75) is 265 Å². The van der Waals surface area contributed by atoms with Gasteiger partial charge in [-0.2, -0.15) is 11.3 Å². The second-order valence-corrected chi connectivity index (χ2v) is 36.9. The Hall–Kier alpha value is -10.4. The van der Waals surface area contributed by atoms with E-state index in [-0.39, 0.29) is 101 Å². The Morgan fingerprint density at radius 1 is 0.388 bits per heavy atom. The molecule has 7 heterocycles. The van der Waals surface area contributed by atoms with Gasteiger partial charge in [0.15, 0.2) is 0 Å². The zero-order chi connectivity index (χ0) is 95.6. The summed E-state index contributed by atoms with van der Waals surface area (Å²) in [6, 6.07) is 71.3. The van der Waals surface area contributed by atoms with Gasteiger partial charge < -0.3 is 34.1 Å². The van der Waals surface area contributed by atoms with E-state index in [1.54, 1.807) is 36.9 Å². The van der Waals surface area contributed by atoms with Crippen LogP contribution in [0.3, 0.4) is 0 Å². The van der Waals surface area contributed by atoms with Crippen molar-refractivity contribution in [3.05, 3.63) is 356 Å². The van der Waals surface area contributed by atoms with Crippen LogP contribution in [0.2, 0.25) is 0 Å². The molecule has 0 fully saturated rings. The quantitative estimate of drug-likeness (QED) is 0.0312. The molecule has 0 aliphatic rings. The summed E-state index contributed by atoms with van der Waals surface area (Å²) in [4.78, 5) is 44.5. The average Bonchev–Trinajstić information content (AvgIpc) is 1.64. The molecule has 0 saturated heterocycles. The van der Waals surface area contributed by atoms with Crippen LogP contribution in [0.15, 0.2) is 232 Å². The van der Waals surface area contributed by atoms with Gasteiger partial charge in [0.1, 0.15) is 29.1 Å². The maximum absolute atomic E-state index is 9.42. The second kappa shape index (κ2) is 56.3. The number of hydrogen-bond acceptors (Lipinski definition) is 8. The minimum atomic E-state index is 0. The molecular formula is C119H134Ir5N15-5. The monoisotopic (exact) mass is 2740 g/mol. The number of unbranched alkanes of at least 4 members (excludes halogenated alkanes) is 4. The zero-order valence-corrected chi connectivity index (χ0v) is 96.6. The molecule has 0 unspecified atom stereocenters. The van der Waals surface area contributed by atoms with Crippen molar-refractivity contribution in [1.29, 1.82) is 5.26 Å². The van der Waals surface area contributed by atoms with Crippen molar-refractivity contribution in [3.8, 4) is 108 Å². The molecular weight excluding hydrogens is 2600 g/mol. The molecule has 16 rings (SSSR count). The summed E-state index contributed by atoms with van der Waals surface area (Å²) in [6.45, 7) is 53.9. The number of aromatic nitrogens is 13. The Morgan fingerprint density at radius 2 is 0.906 bits per heavy atom. The van der Waals surface area contributed by atoms with E-state index in [1.807, 2.05) is 73.3 Å². The van der Waals surface area contributed by atoms with Crippen molar-refractivity contribution in [2.24, 2.45) is 0 Å². The molecule has 9 aromatic carbocycles. The van der Waals surface area contributed by atoms with Crippen molar-refractivity contribution in [3.63, 3.8) is 0 Å². The molecule has 139 heavy (non-hydrogen) atoms. The number of nitrogens with zero attached hydrogens (tertiary/aromatic N) is 15. The van der Waals surface area contributed by atoms with Gasteiger partial charge in [-0.1, -0.05) is 270 Å². The molecule has 0 amide bonds. The van der Waals surface area contributed by atoms with Crippen molar-refractivity contribution < 1.29 is 101 Å². The number of aryl methyl sites for hydroxylation is 11. The third kappa shape index (κ3) is 29.6. The molecule has 0 spiro atoms. The van der Waals surface area contributed by atoms with Crippen LogP contribution in [0.1, 0.15) is 286 Å². The SMILES string of the molecule is CC(C)c1cn(-c2c(C(C)C)cc(-c3ccccc3)cc2C(C)C)c(-c2ncc[n-]2)n1.CCCCCCc1cc(C)c(-n2ccnc2-c2ncc[n-]2)c(C)c1.CCCCc1cn(-c2c(C)cc(C)cc2C)c(-c2[c-]cccc2)n1.CCCc1cc(C)cc(CCC)c1-n1cc(C#N)nc1-c1[c-]cccc1.[C-]#[N+]c1cc[c-]c(-c2cc(-c3c(C(C)C)cc(CCC)cc3C(C)C)ccn2)c1.[Ir].[Ir].[Ir].[Ir].[Ir]. The van der Waals surface area contributed by atoms with Gasteiger partial charge in [-0.15, -0.1) is 95.6 Å². The Labute approximate surface area is 896 Å². The fourth-order valence-electron chi connectivity index (χ4n) is 18.0. The van der Waals surface area contributed by atoms with E-state index in [4.69, 9.17) is 16.5 Å². The van der Waals surface area contributed by atoms with Gasteiger partial charge in [-0.3, -0.25) is 23.9 Å². The second-order valence-electron chi connectivity index (χ2n) is 36.9. The summed E-state index contributed by atoms with van der Waals surface area (Å²) in [7, 11) is 0. The van der Waals surface area contributed by atoms with Gasteiger partial charge in [0.25, 0.3) is 0 Å². The van der Waals surface area contributed by atoms with Crippen LogP contribution < -0.4 is 9.97 Å². The molecule has 0 aliphatic heterocycles. The molecule has 0 N–H and O–H groups in total. The Balaban J connectivity index is 0.000000235. The smallest absolute Gasteiger partial charge is 0.148 e. The predicted molar refractivity (Wildman–Crippen MR) is 554 cm³/mol. The van der Waals surface area contributed by atoms with E-state index >= 15 is 0 Å².